The zero-order valence-electron chi connectivity index (χ0n) is 8.67. The molecular weight excluding hydrogens is 184 g/mol. The van der Waals surface area contributed by atoms with Crippen LogP contribution in [0.15, 0.2) is 0 Å². The molecule has 0 aliphatic carbocycles. The van der Waals surface area contributed by atoms with Gasteiger partial charge in [-0.1, -0.05) is 13.8 Å². The first-order valence-electron chi connectivity index (χ1n) is 4.53. The summed E-state index contributed by atoms with van der Waals surface area (Å²) in [7, 11) is 0. The topological polar surface area (TPSA) is 69.1 Å². The molecule has 0 aromatic heterocycles. The van der Waals surface area contributed by atoms with E-state index in [9.17, 15) is 4.79 Å². The lowest BCUT2D eigenvalue weighted by Gasteiger charge is -2.19. The monoisotopic (exact) mass is 204 g/mol. The summed E-state index contributed by atoms with van der Waals surface area (Å²) in [6, 6.07) is 0. The maximum Gasteiger partial charge on any atom is 0.237 e. The first-order chi connectivity index (χ1) is 5.86. The third-order valence-corrected chi connectivity index (χ3v) is 3.17. The van der Waals surface area contributed by atoms with Crippen molar-refractivity contribution < 1.29 is 4.79 Å². The van der Waals surface area contributed by atoms with Gasteiger partial charge in [-0.3, -0.25) is 4.79 Å². The van der Waals surface area contributed by atoms with Crippen LogP contribution < -0.4 is 11.5 Å². The number of hydrogen-bond acceptors (Lipinski definition) is 3. The number of amides is 1. The number of thioether (sulfide) groups is 1. The summed E-state index contributed by atoms with van der Waals surface area (Å²) in [5, 5.41) is 0. The van der Waals surface area contributed by atoms with E-state index in [1.807, 2.05) is 11.8 Å². The van der Waals surface area contributed by atoms with E-state index >= 15 is 0 Å². The molecule has 13 heavy (non-hydrogen) atoms. The minimum atomic E-state index is -0.843. The lowest BCUT2D eigenvalue weighted by Crippen LogP contribution is -2.49. The molecule has 1 unspecified atom stereocenters. The summed E-state index contributed by atoms with van der Waals surface area (Å²) < 4.78 is 0. The maximum atomic E-state index is 10.8. The van der Waals surface area contributed by atoms with Crippen molar-refractivity contribution in [2.45, 2.75) is 32.7 Å². The van der Waals surface area contributed by atoms with Crippen LogP contribution in [0.4, 0.5) is 0 Å². The molecule has 0 spiro atoms. The Kier molecular flexibility index (Phi) is 5.40. The van der Waals surface area contributed by atoms with Crippen molar-refractivity contribution >= 4 is 17.7 Å². The number of carbonyl (C=O) groups is 1. The second-order valence-corrected chi connectivity index (χ2v) is 5.15. The molecule has 0 aliphatic heterocycles. The van der Waals surface area contributed by atoms with Crippen LogP contribution in [0, 0.1) is 5.92 Å². The molecule has 0 bridgehead atoms. The van der Waals surface area contributed by atoms with Gasteiger partial charge in [0.05, 0.1) is 5.54 Å². The molecule has 0 saturated carbocycles. The van der Waals surface area contributed by atoms with E-state index in [1.165, 1.54) is 0 Å². The SMILES string of the molecule is CC(C)CSCCC(C)(N)C(N)=O. The van der Waals surface area contributed by atoms with Crippen molar-refractivity contribution in [3.63, 3.8) is 0 Å². The maximum absolute atomic E-state index is 10.8. The highest BCUT2D eigenvalue weighted by Crippen LogP contribution is 2.13. The average molecular weight is 204 g/mol. The van der Waals surface area contributed by atoms with Crippen molar-refractivity contribution in [1.82, 2.24) is 0 Å². The Morgan fingerprint density at radius 3 is 2.46 bits per heavy atom. The summed E-state index contributed by atoms with van der Waals surface area (Å²) in [4.78, 5) is 10.8. The van der Waals surface area contributed by atoms with Gasteiger partial charge in [-0.05, 0) is 30.8 Å². The summed E-state index contributed by atoms with van der Waals surface area (Å²) in [6.07, 6.45) is 0.652. The molecule has 0 aliphatic rings. The van der Waals surface area contributed by atoms with E-state index < -0.39 is 11.4 Å². The minimum Gasteiger partial charge on any atom is -0.368 e. The second-order valence-electron chi connectivity index (χ2n) is 4.00. The standard InChI is InChI=1S/C9H20N2OS/c1-7(2)6-13-5-4-9(3,11)8(10)12/h7H,4-6,11H2,1-3H3,(H2,10,12). The second kappa shape index (κ2) is 5.50. The van der Waals surface area contributed by atoms with Gasteiger partial charge in [0.2, 0.25) is 5.91 Å². The Morgan fingerprint density at radius 1 is 1.54 bits per heavy atom. The molecular formula is C9H20N2OS. The van der Waals surface area contributed by atoms with E-state index in [-0.39, 0.29) is 0 Å². The van der Waals surface area contributed by atoms with Gasteiger partial charge in [0.15, 0.2) is 0 Å². The number of rotatable bonds is 6. The number of primary amides is 1. The van der Waals surface area contributed by atoms with Crippen LogP contribution in [0.1, 0.15) is 27.2 Å². The lowest BCUT2D eigenvalue weighted by atomic mass is 10.0. The van der Waals surface area contributed by atoms with Crippen molar-refractivity contribution in [1.29, 1.82) is 0 Å². The smallest absolute Gasteiger partial charge is 0.237 e. The molecule has 1 atom stereocenters. The average Bonchev–Trinajstić information content (AvgIpc) is 1.97. The van der Waals surface area contributed by atoms with Gasteiger partial charge in [-0.25, -0.2) is 0 Å². The zero-order chi connectivity index (χ0) is 10.5. The van der Waals surface area contributed by atoms with Gasteiger partial charge in [-0.2, -0.15) is 11.8 Å². The van der Waals surface area contributed by atoms with Crippen LogP contribution in [-0.4, -0.2) is 23.0 Å². The van der Waals surface area contributed by atoms with Gasteiger partial charge in [-0.15, -0.1) is 0 Å². The molecule has 4 N–H and O–H groups in total. The molecule has 0 fully saturated rings. The molecule has 0 heterocycles. The molecule has 0 aromatic rings. The van der Waals surface area contributed by atoms with Crippen molar-refractivity contribution in [2.75, 3.05) is 11.5 Å². The van der Waals surface area contributed by atoms with E-state index in [4.69, 9.17) is 11.5 Å². The van der Waals surface area contributed by atoms with Crippen LogP contribution >= 0.6 is 11.8 Å². The van der Waals surface area contributed by atoms with Gasteiger partial charge in [0, 0.05) is 0 Å². The summed E-state index contributed by atoms with van der Waals surface area (Å²) in [6.45, 7) is 6.02. The van der Waals surface area contributed by atoms with Gasteiger partial charge >= 0.3 is 0 Å². The van der Waals surface area contributed by atoms with E-state index in [0.29, 0.717) is 12.3 Å². The fourth-order valence-corrected chi connectivity index (χ4v) is 1.93. The molecule has 78 valence electrons. The van der Waals surface area contributed by atoms with Gasteiger partial charge in [0.1, 0.15) is 0 Å². The molecule has 0 aromatic carbocycles. The van der Waals surface area contributed by atoms with Gasteiger partial charge < -0.3 is 11.5 Å². The Balaban J connectivity index is 3.58. The minimum absolute atomic E-state index is 0.419. The van der Waals surface area contributed by atoms with Crippen LogP contribution in [0.5, 0.6) is 0 Å². The van der Waals surface area contributed by atoms with Crippen LogP contribution in [0.25, 0.3) is 0 Å². The molecule has 0 saturated heterocycles. The molecule has 0 radical (unpaired) electrons. The molecule has 3 nitrogen and oxygen atoms in total. The van der Waals surface area contributed by atoms with Crippen molar-refractivity contribution in [2.24, 2.45) is 17.4 Å². The predicted molar refractivity (Wildman–Crippen MR) is 58.6 cm³/mol. The van der Waals surface area contributed by atoms with E-state index in [1.54, 1.807) is 6.92 Å². The third kappa shape index (κ3) is 5.93. The number of nitrogens with two attached hydrogens (primary N) is 2. The van der Waals surface area contributed by atoms with Gasteiger partial charge in [0.25, 0.3) is 0 Å². The fraction of sp³-hybridized carbons (Fsp3) is 0.889. The predicted octanol–water partition coefficient (Wildman–Crippen LogP) is 0.968. The largest absolute Gasteiger partial charge is 0.368 e. The molecule has 4 heteroatoms. The van der Waals surface area contributed by atoms with Crippen LogP contribution in [0.2, 0.25) is 0 Å². The highest BCUT2D eigenvalue weighted by Gasteiger charge is 2.24. The van der Waals surface area contributed by atoms with Crippen molar-refractivity contribution in [3.05, 3.63) is 0 Å². The third-order valence-electron chi connectivity index (χ3n) is 1.78. The Hall–Kier alpha value is -0.220. The zero-order valence-corrected chi connectivity index (χ0v) is 9.49. The Morgan fingerprint density at radius 2 is 2.08 bits per heavy atom. The Labute approximate surface area is 84.6 Å². The lowest BCUT2D eigenvalue weighted by molar-refractivity contribution is -0.122. The fourth-order valence-electron chi connectivity index (χ4n) is 0.726. The van der Waals surface area contributed by atoms with E-state index in [2.05, 4.69) is 13.8 Å². The first kappa shape index (κ1) is 12.8. The summed E-state index contributed by atoms with van der Waals surface area (Å²) >= 11 is 1.82. The number of hydrogen-bond donors (Lipinski definition) is 2. The highest BCUT2D eigenvalue weighted by atomic mass is 32.2. The Bertz CT molecular complexity index is 169. The molecule has 0 rings (SSSR count). The number of carbonyl (C=O) groups excluding carboxylic acids is 1. The summed E-state index contributed by atoms with van der Waals surface area (Å²) in [5.41, 5.74) is 9.98. The molecule has 1 amide bonds. The van der Waals surface area contributed by atoms with Crippen molar-refractivity contribution in [3.8, 4) is 0 Å². The summed E-state index contributed by atoms with van der Waals surface area (Å²) in [5.74, 6) is 2.27. The van der Waals surface area contributed by atoms with E-state index in [0.717, 1.165) is 11.5 Å². The normalized spacial score (nSPS) is 15.8. The first-order valence-corrected chi connectivity index (χ1v) is 5.68. The van der Waals surface area contributed by atoms with Crippen LogP contribution in [0.3, 0.4) is 0 Å². The van der Waals surface area contributed by atoms with Crippen LogP contribution in [-0.2, 0) is 4.79 Å². The quantitative estimate of drug-likeness (QED) is 0.633. The highest BCUT2D eigenvalue weighted by molar-refractivity contribution is 7.99.